The zero-order valence-corrected chi connectivity index (χ0v) is 13.6. The first-order valence-electron chi connectivity index (χ1n) is 7.21. The first-order valence-corrected chi connectivity index (χ1v) is 7.59. The second-order valence-corrected chi connectivity index (χ2v) is 5.48. The highest BCUT2D eigenvalue weighted by molar-refractivity contribution is 6.34. The Morgan fingerprint density at radius 2 is 2.12 bits per heavy atom. The van der Waals surface area contributed by atoms with Gasteiger partial charge in [-0.25, -0.2) is 9.67 Å². The van der Waals surface area contributed by atoms with Gasteiger partial charge in [-0.05, 0) is 29.8 Å². The van der Waals surface area contributed by atoms with Crippen molar-refractivity contribution in [1.82, 2.24) is 20.1 Å². The lowest BCUT2D eigenvalue weighted by Gasteiger charge is -2.08. The Balaban J connectivity index is 1.70. The van der Waals surface area contributed by atoms with Gasteiger partial charge in [-0.2, -0.15) is 5.10 Å². The molecular formula is C16H12ClN5O3. The van der Waals surface area contributed by atoms with Crippen molar-refractivity contribution in [2.24, 2.45) is 0 Å². The van der Waals surface area contributed by atoms with Crippen LogP contribution < -0.4 is 5.32 Å². The van der Waals surface area contributed by atoms with E-state index >= 15 is 0 Å². The average molecular weight is 358 g/mol. The summed E-state index contributed by atoms with van der Waals surface area (Å²) in [6.07, 6.45) is 5.03. The maximum absolute atomic E-state index is 12.2. The fraction of sp³-hybridized carbons (Fsp3) is 0.0625. The SMILES string of the molecule is O=C(NCc1ccnc(-n2cccn2)c1)c1ccc([N+](=O)[O-])cc1Cl. The molecule has 0 atom stereocenters. The van der Waals surface area contributed by atoms with Crippen molar-refractivity contribution >= 4 is 23.2 Å². The minimum absolute atomic E-state index is 0.0265. The van der Waals surface area contributed by atoms with Crippen LogP contribution in [-0.2, 0) is 6.54 Å². The number of nitro groups is 1. The van der Waals surface area contributed by atoms with Gasteiger partial charge < -0.3 is 5.32 Å². The molecule has 0 radical (unpaired) electrons. The van der Waals surface area contributed by atoms with E-state index in [4.69, 9.17) is 11.6 Å². The molecule has 0 spiro atoms. The number of nitro benzene ring substituents is 1. The molecule has 1 N–H and O–H groups in total. The van der Waals surface area contributed by atoms with Crippen LogP contribution in [0.5, 0.6) is 0 Å². The molecule has 0 aliphatic rings. The second kappa shape index (κ2) is 7.10. The first kappa shape index (κ1) is 16.6. The van der Waals surface area contributed by atoms with Crippen molar-refractivity contribution in [3.63, 3.8) is 0 Å². The van der Waals surface area contributed by atoms with Gasteiger partial charge in [0.05, 0.1) is 15.5 Å². The maximum atomic E-state index is 12.2. The number of pyridine rings is 1. The fourth-order valence-electron chi connectivity index (χ4n) is 2.18. The molecule has 1 amide bonds. The van der Waals surface area contributed by atoms with Crippen LogP contribution >= 0.6 is 11.6 Å². The molecule has 0 unspecified atom stereocenters. The van der Waals surface area contributed by atoms with Crippen LogP contribution in [0.4, 0.5) is 5.69 Å². The third-order valence-corrected chi connectivity index (χ3v) is 3.72. The topological polar surface area (TPSA) is 103 Å². The lowest BCUT2D eigenvalue weighted by molar-refractivity contribution is -0.384. The number of hydrogen-bond donors (Lipinski definition) is 1. The van der Waals surface area contributed by atoms with E-state index in [2.05, 4.69) is 15.4 Å². The monoisotopic (exact) mass is 357 g/mol. The second-order valence-electron chi connectivity index (χ2n) is 5.08. The summed E-state index contributed by atoms with van der Waals surface area (Å²) in [5.41, 5.74) is 0.833. The molecule has 0 aliphatic carbocycles. The van der Waals surface area contributed by atoms with E-state index in [0.717, 1.165) is 11.6 Å². The van der Waals surface area contributed by atoms with E-state index in [-0.39, 0.29) is 22.8 Å². The predicted molar refractivity (Wildman–Crippen MR) is 90.6 cm³/mol. The summed E-state index contributed by atoms with van der Waals surface area (Å²) in [6, 6.07) is 9.07. The fourth-order valence-corrected chi connectivity index (χ4v) is 2.44. The standard InChI is InChI=1S/C16H12ClN5O3/c17-14-9-12(22(24)25)2-3-13(14)16(23)19-10-11-4-6-18-15(8-11)21-7-1-5-20-21/h1-9H,10H2,(H,19,23). The van der Waals surface area contributed by atoms with Crippen molar-refractivity contribution in [3.8, 4) is 5.82 Å². The average Bonchev–Trinajstić information content (AvgIpc) is 3.14. The number of aromatic nitrogens is 3. The smallest absolute Gasteiger partial charge is 0.270 e. The molecule has 126 valence electrons. The Morgan fingerprint density at radius 3 is 2.80 bits per heavy atom. The van der Waals surface area contributed by atoms with Crippen molar-refractivity contribution in [1.29, 1.82) is 0 Å². The van der Waals surface area contributed by atoms with Crippen molar-refractivity contribution in [2.45, 2.75) is 6.54 Å². The molecule has 0 aliphatic heterocycles. The Kier molecular flexibility index (Phi) is 4.71. The highest BCUT2D eigenvalue weighted by Crippen LogP contribution is 2.22. The van der Waals surface area contributed by atoms with Gasteiger partial charge in [0.25, 0.3) is 11.6 Å². The van der Waals surface area contributed by atoms with E-state index in [0.29, 0.717) is 5.82 Å². The van der Waals surface area contributed by atoms with E-state index < -0.39 is 10.8 Å². The molecule has 9 heteroatoms. The molecule has 0 fully saturated rings. The molecular weight excluding hydrogens is 346 g/mol. The van der Waals surface area contributed by atoms with Crippen LogP contribution in [0.1, 0.15) is 15.9 Å². The molecule has 25 heavy (non-hydrogen) atoms. The molecule has 3 rings (SSSR count). The highest BCUT2D eigenvalue weighted by atomic mass is 35.5. The summed E-state index contributed by atoms with van der Waals surface area (Å²) in [4.78, 5) is 26.6. The maximum Gasteiger partial charge on any atom is 0.270 e. The van der Waals surface area contributed by atoms with Gasteiger partial charge in [-0.15, -0.1) is 0 Å². The molecule has 0 saturated carbocycles. The third kappa shape index (κ3) is 3.81. The van der Waals surface area contributed by atoms with Gasteiger partial charge >= 0.3 is 0 Å². The summed E-state index contributed by atoms with van der Waals surface area (Å²) in [7, 11) is 0. The van der Waals surface area contributed by atoms with Crippen LogP contribution in [-0.4, -0.2) is 25.6 Å². The minimum atomic E-state index is -0.568. The molecule has 0 bridgehead atoms. The lowest BCUT2D eigenvalue weighted by Crippen LogP contribution is -2.23. The molecule has 8 nitrogen and oxygen atoms in total. The van der Waals surface area contributed by atoms with E-state index in [1.54, 1.807) is 41.5 Å². The summed E-state index contributed by atoms with van der Waals surface area (Å²) in [6.45, 7) is 0.253. The Morgan fingerprint density at radius 1 is 1.28 bits per heavy atom. The van der Waals surface area contributed by atoms with E-state index in [1.807, 2.05) is 0 Å². The summed E-state index contributed by atoms with van der Waals surface area (Å²) in [5, 5.41) is 17.6. The molecule has 1 aromatic carbocycles. The number of hydrogen-bond acceptors (Lipinski definition) is 5. The van der Waals surface area contributed by atoms with E-state index in [1.165, 1.54) is 12.1 Å². The van der Waals surface area contributed by atoms with Crippen LogP contribution in [0, 0.1) is 10.1 Å². The third-order valence-electron chi connectivity index (χ3n) is 3.41. The normalized spacial score (nSPS) is 10.4. The minimum Gasteiger partial charge on any atom is -0.348 e. The van der Waals surface area contributed by atoms with Crippen molar-refractivity contribution < 1.29 is 9.72 Å². The van der Waals surface area contributed by atoms with Crippen LogP contribution in [0.25, 0.3) is 5.82 Å². The van der Waals surface area contributed by atoms with E-state index in [9.17, 15) is 14.9 Å². The number of rotatable bonds is 5. The quantitative estimate of drug-likeness (QED) is 0.558. The Hall–Kier alpha value is -3.26. The van der Waals surface area contributed by atoms with Crippen molar-refractivity contribution in [3.05, 3.63) is 81.3 Å². The largest absolute Gasteiger partial charge is 0.348 e. The number of carbonyl (C=O) groups is 1. The van der Waals surface area contributed by atoms with Crippen LogP contribution in [0.2, 0.25) is 5.02 Å². The molecule has 3 aromatic rings. The molecule has 2 heterocycles. The number of halogens is 1. The predicted octanol–water partition coefficient (Wildman–Crippen LogP) is 2.76. The number of nitrogens with one attached hydrogen (secondary N) is 1. The van der Waals surface area contributed by atoms with Crippen LogP contribution in [0.15, 0.2) is 55.0 Å². The van der Waals surface area contributed by atoms with Gasteiger partial charge in [-0.1, -0.05) is 11.6 Å². The summed E-state index contributed by atoms with van der Waals surface area (Å²) < 4.78 is 1.61. The lowest BCUT2D eigenvalue weighted by atomic mass is 10.2. The molecule has 2 aromatic heterocycles. The number of non-ortho nitro benzene ring substituents is 1. The van der Waals surface area contributed by atoms with Gasteiger partial charge in [-0.3, -0.25) is 14.9 Å². The Labute approximate surface area is 147 Å². The molecule has 0 saturated heterocycles. The number of amides is 1. The van der Waals surface area contributed by atoms with Gasteiger partial charge in [0.2, 0.25) is 0 Å². The van der Waals surface area contributed by atoms with Crippen LogP contribution in [0.3, 0.4) is 0 Å². The summed E-state index contributed by atoms with van der Waals surface area (Å²) >= 11 is 5.96. The number of benzene rings is 1. The highest BCUT2D eigenvalue weighted by Gasteiger charge is 2.14. The first-order chi connectivity index (χ1) is 12.0. The van der Waals surface area contributed by atoms with Crippen molar-refractivity contribution in [2.75, 3.05) is 0 Å². The zero-order valence-electron chi connectivity index (χ0n) is 12.8. The summed E-state index contributed by atoms with van der Waals surface area (Å²) in [5.74, 6) is 0.211. The zero-order chi connectivity index (χ0) is 17.8. The number of carbonyl (C=O) groups excluding carboxylic acids is 1. The number of nitrogens with zero attached hydrogens (tertiary/aromatic N) is 4. The van der Waals surface area contributed by atoms with Gasteiger partial charge in [0.1, 0.15) is 0 Å². The van der Waals surface area contributed by atoms with Gasteiger partial charge in [0.15, 0.2) is 5.82 Å². The Bertz CT molecular complexity index is 927. The van der Waals surface area contributed by atoms with Gasteiger partial charge in [0, 0.05) is 37.3 Å².